The summed E-state index contributed by atoms with van der Waals surface area (Å²) < 4.78 is 0. The largest absolute Gasteiger partial charge is 0.338 e. The molecule has 1 aromatic heterocycles. The van der Waals surface area contributed by atoms with Gasteiger partial charge in [0.1, 0.15) is 0 Å². The van der Waals surface area contributed by atoms with E-state index in [0.717, 1.165) is 49.3 Å². The van der Waals surface area contributed by atoms with E-state index in [2.05, 4.69) is 33.6 Å². The van der Waals surface area contributed by atoms with Crippen molar-refractivity contribution in [3.8, 4) is 0 Å². The highest BCUT2D eigenvalue weighted by Gasteiger charge is 2.19. The van der Waals surface area contributed by atoms with Gasteiger partial charge in [-0.3, -0.25) is 4.90 Å². The van der Waals surface area contributed by atoms with Gasteiger partial charge >= 0.3 is 0 Å². The molecule has 106 valence electrons. The first-order chi connectivity index (χ1) is 9.10. The van der Waals surface area contributed by atoms with E-state index in [9.17, 15) is 0 Å². The maximum atomic E-state index is 5.84. The van der Waals surface area contributed by atoms with Crippen LogP contribution in [0.25, 0.3) is 0 Å². The summed E-state index contributed by atoms with van der Waals surface area (Å²) in [7, 11) is 0. The predicted octanol–water partition coefficient (Wildman–Crippen LogP) is 2.30. The first-order valence-corrected chi connectivity index (χ1v) is 7.49. The van der Waals surface area contributed by atoms with Crippen molar-refractivity contribution in [3.63, 3.8) is 0 Å². The number of hydrogen-bond acceptors (Lipinski definition) is 4. The molecule has 0 unspecified atom stereocenters. The lowest BCUT2D eigenvalue weighted by Crippen LogP contribution is -2.48. The summed E-state index contributed by atoms with van der Waals surface area (Å²) in [5.41, 5.74) is 2.01. The second kappa shape index (κ2) is 6.53. The van der Waals surface area contributed by atoms with Gasteiger partial charge in [-0.05, 0) is 12.8 Å². The molecule has 19 heavy (non-hydrogen) atoms. The fourth-order valence-electron chi connectivity index (χ4n) is 2.41. The van der Waals surface area contributed by atoms with Gasteiger partial charge in [-0.1, -0.05) is 13.8 Å². The number of aromatic nitrogens is 2. The van der Waals surface area contributed by atoms with Crippen molar-refractivity contribution >= 4 is 17.5 Å². The van der Waals surface area contributed by atoms with Crippen LogP contribution in [0.4, 0.5) is 5.95 Å². The standard InChI is InChI=1S/C14H23ClN4/c1-11(2)10-18-4-6-19(7-5-18)14-16-9-13(8-15)12(3)17-14/h9,11H,4-8,10H2,1-3H3. The molecular formula is C14H23ClN4. The van der Waals surface area contributed by atoms with Gasteiger partial charge in [0.25, 0.3) is 0 Å². The monoisotopic (exact) mass is 282 g/mol. The van der Waals surface area contributed by atoms with Gasteiger partial charge in [0.15, 0.2) is 0 Å². The molecule has 0 N–H and O–H groups in total. The summed E-state index contributed by atoms with van der Waals surface area (Å²) in [6.07, 6.45) is 1.85. The molecular weight excluding hydrogens is 260 g/mol. The van der Waals surface area contributed by atoms with Gasteiger partial charge in [0.05, 0.1) is 5.88 Å². The van der Waals surface area contributed by atoms with Crippen LogP contribution < -0.4 is 4.90 Å². The molecule has 1 fully saturated rings. The van der Waals surface area contributed by atoms with Crippen molar-refractivity contribution in [2.45, 2.75) is 26.7 Å². The average molecular weight is 283 g/mol. The molecule has 2 heterocycles. The lowest BCUT2D eigenvalue weighted by Gasteiger charge is -2.35. The van der Waals surface area contributed by atoms with E-state index in [1.807, 2.05) is 13.1 Å². The Morgan fingerprint density at radius 1 is 1.26 bits per heavy atom. The molecule has 0 saturated carbocycles. The maximum Gasteiger partial charge on any atom is 0.225 e. The van der Waals surface area contributed by atoms with Crippen LogP contribution in [0.1, 0.15) is 25.1 Å². The molecule has 0 atom stereocenters. The first kappa shape index (κ1) is 14.5. The zero-order valence-electron chi connectivity index (χ0n) is 12.1. The molecule has 1 aliphatic rings. The number of aryl methyl sites for hydroxylation is 1. The zero-order valence-corrected chi connectivity index (χ0v) is 12.8. The lowest BCUT2D eigenvalue weighted by molar-refractivity contribution is 0.230. The van der Waals surface area contributed by atoms with Crippen molar-refractivity contribution in [1.82, 2.24) is 14.9 Å². The lowest BCUT2D eigenvalue weighted by atomic mass is 10.2. The van der Waals surface area contributed by atoms with Gasteiger partial charge in [0, 0.05) is 50.2 Å². The first-order valence-electron chi connectivity index (χ1n) is 6.96. The van der Waals surface area contributed by atoms with Gasteiger partial charge in [0.2, 0.25) is 5.95 Å². The minimum absolute atomic E-state index is 0.480. The number of nitrogens with zero attached hydrogens (tertiary/aromatic N) is 4. The third-order valence-electron chi connectivity index (χ3n) is 3.49. The smallest absolute Gasteiger partial charge is 0.225 e. The molecule has 1 aromatic rings. The molecule has 1 aliphatic heterocycles. The Morgan fingerprint density at radius 2 is 1.95 bits per heavy atom. The van der Waals surface area contributed by atoms with Crippen LogP contribution in [-0.2, 0) is 5.88 Å². The summed E-state index contributed by atoms with van der Waals surface area (Å²) in [6, 6.07) is 0. The van der Waals surface area contributed by atoms with Crippen molar-refractivity contribution in [2.24, 2.45) is 5.92 Å². The van der Waals surface area contributed by atoms with Gasteiger partial charge in [-0.25, -0.2) is 9.97 Å². The number of halogens is 1. The van der Waals surface area contributed by atoms with Crippen LogP contribution in [-0.4, -0.2) is 47.6 Å². The summed E-state index contributed by atoms with van der Waals surface area (Å²) in [5.74, 6) is 2.05. The van der Waals surface area contributed by atoms with Crippen molar-refractivity contribution < 1.29 is 0 Å². The average Bonchev–Trinajstić information content (AvgIpc) is 2.39. The van der Waals surface area contributed by atoms with E-state index in [-0.39, 0.29) is 0 Å². The zero-order chi connectivity index (χ0) is 13.8. The number of alkyl halides is 1. The number of hydrogen-bond donors (Lipinski definition) is 0. The van der Waals surface area contributed by atoms with Crippen LogP contribution in [0.2, 0.25) is 0 Å². The third-order valence-corrected chi connectivity index (χ3v) is 3.78. The minimum Gasteiger partial charge on any atom is -0.338 e. The molecule has 2 rings (SSSR count). The van der Waals surface area contributed by atoms with E-state index in [0.29, 0.717) is 5.88 Å². The molecule has 0 aliphatic carbocycles. The van der Waals surface area contributed by atoms with Crippen molar-refractivity contribution in [2.75, 3.05) is 37.6 Å². The van der Waals surface area contributed by atoms with Gasteiger partial charge in [-0.2, -0.15) is 0 Å². The van der Waals surface area contributed by atoms with Crippen LogP contribution >= 0.6 is 11.6 Å². The molecule has 0 bridgehead atoms. The second-order valence-corrected chi connectivity index (χ2v) is 5.86. The fourth-order valence-corrected chi connectivity index (χ4v) is 2.67. The normalized spacial score (nSPS) is 17.2. The SMILES string of the molecule is Cc1nc(N2CCN(CC(C)C)CC2)ncc1CCl. The summed E-state index contributed by atoms with van der Waals surface area (Å²) in [6.45, 7) is 11.9. The Balaban J connectivity index is 1.96. The van der Waals surface area contributed by atoms with Crippen LogP contribution in [0.15, 0.2) is 6.20 Å². The maximum absolute atomic E-state index is 5.84. The minimum atomic E-state index is 0.480. The predicted molar refractivity (Wildman–Crippen MR) is 79.8 cm³/mol. The molecule has 5 heteroatoms. The van der Waals surface area contributed by atoms with Crippen LogP contribution in [0, 0.1) is 12.8 Å². The molecule has 1 saturated heterocycles. The number of anilines is 1. The molecule has 0 aromatic carbocycles. The Bertz CT molecular complexity index is 414. The molecule has 0 radical (unpaired) electrons. The van der Waals surface area contributed by atoms with E-state index in [4.69, 9.17) is 11.6 Å². The summed E-state index contributed by atoms with van der Waals surface area (Å²) in [4.78, 5) is 13.8. The molecule has 0 spiro atoms. The van der Waals surface area contributed by atoms with Crippen molar-refractivity contribution in [1.29, 1.82) is 0 Å². The summed E-state index contributed by atoms with van der Waals surface area (Å²) >= 11 is 5.84. The van der Waals surface area contributed by atoms with Gasteiger partial charge in [-0.15, -0.1) is 11.6 Å². The van der Waals surface area contributed by atoms with Gasteiger partial charge < -0.3 is 4.90 Å². The number of piperazine rings is 1. The second-order valence-electron chi connectivity index (χ2n) is 5.60. The highest BCUT2D eigenvalue weighted by molar-refractivity contribution is 6.17. The quantitative estimate of drug-likeness (QED) is 0.794. The number of rotatable bonds is 4. The molecule has 0 amide bonds. The summed E-state index contributed by atoms with van der Waals surface area (Å²) in [5, 5.41) is 0. The van der Waals surface area contributed by atoms with E-state index in [1.54, 1.807) is 0 Å². The van der Waals surface area contributed by atoms with Crippen LogP contribution in [0.5, 0.6) is 0 Å². The fraction of sp³-hybridized carbons (Fsp3) is 0.714. The highest BCUT2D eigenvalue weighted by Crippen LogP contribution is 2.15. The van der Waals surface area contributed by atoms with E-state index in [1.165, 1.54) is 6.54 Å². The molecule has 4 nitrogen and oxygen atoms in total. The topological polar surface area (TPSA) is 32.3 Å². The Kier molecular flexibility index (Phi) is 4.99. The van der Waals surface area contributed by atoms with E-state index >= 15 is 0 Å². The van der Waals surface area contributed by atoms with Crippen LogP contribution in [0.3, 0.4) is 0 Å². The Hall–Kier alpha value is -0.870. The third kappa shape index (κ3) is 3.80. The highest BCUT2D eigenvalue weighted by atomic mass is 35.5. The van der Waals surface area contributed by atoms with E-state index < -0.39 is 0 Å². The Labute approximate surface area is 120 Å². The Morgan fingerprint density at radius 3 is 2.47 bits per heavy atom. The van der Waals surface area contributed by atoms with Crippen molar-refractivity contribution in [3.05, 3.63) is 17.5 Å².